The molecule has 1 N–H and O–H groups in total. The highest BCUT2D eigenvalue weighted by Gasteiger charge is 2.23. The average Bonchev–Trinajstić information content (AvgIpc) is 2.89. The molecular weight excluding hydrogens is 166 g/mol. The minimum absolute atomic E-state index is 0.405. The van der Waals surface area contributed by atoms with Gasteiger partial charge in [-0.15, -0.1) is 0 Å². The monoisotopic (exact) mass is 177 g/mol. The third-order valence-corrected chi connectivity index (χ3v) is 2.34. The van der Waals surface area contributed by atoms with Gasteiger partial charge in [0.2, 0.25) is 0 Å². The largest absolute Gasteiger partial charge is 0.478 e. The van der Waals surface area contributed by atoms with Crippen molar-refractivity contribution in [2.45, 2.75) is 19.3 Å². The first-order valence-electron chi connectivity index (χ1n) is 4.43. The van der Waals surface area contributed by atoms with Crippen LogP contribution in [-0.4, -0.2) is 16.1 Å². The molecule has 3 nitrogen and oxygen atoms in total. The summed E-state index contributed by atoms with van der Waals surface area (Å²) in [5.41, 5.74) is 1.28. The summed E-state index contributed by atoms with van der Waals surface area (Å²) in [7, 11) is 0. The Kier molecular flexibility index (Phi) is 2.00. The third kappa shape index (κ3) is 1.86. The van der Waals surface area contributed by atoms with Gasteiger partial charge in [0.1, 0.15) is 0 Å². The molecule has 0 spiro atoms. The number of pyridine rings is 1. The van der Waals surface area contributed by atoms with Crippen molar-refractivity contribution in [3.63, 3.8) is 0 Å². The van der Waals surface area contributed by atoms with Gasteiger partial charge < -0.3 is 5.11 Å². The molecule has 0 saturated heterocycles. The van der Waals surface area contributed by atoms with Crippen molar-refractivity contribution in [3.8, 4) is 0 Å². The maximum atomic E-state index is 10.8. The molecule has 0 radical (unpaired) electrons. The van der Waals surface area contributed by atoms with Crippen molar-refractivity contribution in [1.29, 1.82) is 0 Å². The molecule has 13 heavy (non-hydrogen) atoms. The molecule has 1 aliphatic carbocycles. The van der Waals surface area contributed by atoms with Gasteiger partial charge in [-0.25, -0.2) is 4.79 Å². The Balaban J connectivity index is 2.25. The van der Waals surface area contributed by atoms with Crippen LogP contribution in [0, 0.1) is 5.92 Å². The van der Waals surface area contributed by atoms with Gasteiger partial charge in [0.15, 0.2) is 0 Å². The van der Waals surface area contributed by atoms with E-state index in [0.29, 0.717) is 11.5 Å². The van der Waals surface area contributed by atoms with Gasteiger partial charge in [0, 0.05) is 12.4 Å². The van der Waals surface area contributed by atoms with E-state index >= 15 is 0 Å². The summed E-state index contributed by atoms with van der Waals surface area (Å²) >= 11 is 0. The molecule has 0 atom stereocenters. The van der Waals surface area contributed by atoms with Crippen molar-refractivity contribution in [1.82, 2.24) is 4.98 Å². The summed E-state index contributed by atoms with van der Waals surface area (Å²) in [6.07, 6.45) is 6.53. The second-order valence-corrected chi connectivity index (χ2v) is 3.49. The number of carboxylic acids is 1. The van der Waals surface area contributed by atoms with Crippen LogP contribution in [0.2, 0.25) is 0 Å². The molecule has 68 valence electrons. The topological polar surface area (TPSA) is 50.2 Å². The van der Waals surface area contributed by atoms with Gasteiger partial charge in [0.05, 0.1) is 5.56 Å². The van der Waals surface area contributed by atoms with E-state index < -0.39 is 5.97 Å². The number of hydrogen-bond acceptors (Lipinski definition) is 2. The molecule has 1 aromatic heterocycles. The number of aromatic nitrogens is 1. The average molecular weight is 177 g/mol. The summed E-state index contributed by atoms with van der Waals surface area (Å²) in [6.45, 7) is 0. The van der Waals surface area contributed by atoms with Gasteiger partial charge in [0.25, 0.3) is 0 Å². The lowest BCUT2D eigenvalue weighted by Crippen LogP contribution is -2.03. The van der Waals surface area contributed by atoms with E-state index in [4.69, 9.17) is 5.11 Å². The summed E-state index contributed by atoms with van der Waals surface area (Å²) in [5, 5.41) is 8.87. The van der Waals surface area contributed by atoms with Crippen LogP contribution in [0.3, 0.4) is 0 Å². The molecule has 1 aliphatic rings. The zero-order chi connectivity index (χ0) is 9.26. The van der Waals surface area contributed by atoms with E-state index in [-0.39, 0.29) is 0 Å². The standard InChI is InChI=1S/C10H11NO2/c12-10(13)9-3-4-11-6-8(9)5-7-1-2-7/h3-4,6-7H,1-2,5H2,(H,12,13). The molecule has 1 saturated carbocycles. The third-order valence-electron chi connectivity index (χ3n) is 2.34. The first kappa shape index (κ1) is 8.23. The van der Waals surface area contributed by atoms with Crippen LogP contribution in [0.25, 0.3) is 0 Å². The van der Waals surface area contributed by atoms with E-state index in [0.717, 1.165) is 12.0 Å². The number of hydrogen-bond donors (Lipinski definition) is 1. The van der Waals surface area contributed by atoms with Crippen molar-refractivity contribution in [3.05, 3.63) is 29.6 Å². The Labute approximate surface area is 76.4 Å². The minimum atomic E-state index is -0.849. The number of aromatic carboxylic acids is 1. The molecule has 1 heterocycles. The highest BCUT2D eigenvalue weighted by atomic mass is 16.4. The van der Waals surface area contributed by atoms with E-state index in [9.17, 15) is 4.79 Å². The predicted octanol–water partition coefficient (Wildman–Crippen LogP) is 1.73. The van der Waals surface area contributed by atoms with Crippen LogP contribution < -0.4 is 0 Å². The van der Waals surface area contributed by atoms with Crippen molar-refractivity contribution in [2.75, 3.05) is 0 Å². The Morgan fingerprint density at radius 2 is 2.38 bits per heavy atom. The number of carbonyl (C=O) groups is 1. The van der Waals surface area contributed by atoms with E-state index in [1.54, 1.807) is 12.3 Å². The Morgan fingerprint density at radius 1 is 1.62 bits per heavy atom. The lowest BCUT2D eigenvalue weighted by Gasteiger charge is -2.02. The van der Waals surface area contributed by atoms with Gasteiger partial charge in [-0.2, -0.15) is 0 Å². The van der Waals surface area contributed by atoms with E-state index in [2.05, 4.69) is 4.98 Å². The fraction of sp³-hybridized carbons (Fsp3) is 0.400. The maximum absolute atomic E-state index is 10.8. The highest BCUT2D eigenvalue weighted by Crippen LogP contribution is 2.33. The van der Waals surface area contributed by atoms with Gasteiger partial charge >= 0.3 is 5.97 Å². The zero-order valence-electron chi connectivity index (χ0n) is 7.23. The minimum Gasteiger partial charge on any atom is -0.478 e. The fourth-order valence-electron chi connectivity index (χ4n) is 1.43. The van der Waals surface area contributed by atoms with Crippen molar-refractivity contribution < 1.29 is 9.90 Å². The molecule has 1 fully saturated rings. The van der Waals surface area contributed by atoms with Crippen LogP contribution >= 0.6 is 0 Å². The Morgan fingerprint density at radius 3 is 3.00 bits per heavy atom. The van der Waals surface area contributed by atoms with Crippen LogP contribution in [0.5, 0.6) is 0 Å². The Hall–Kier alpha value is -1.38. The first-order chi connectivity index (χ1) is 6.27. The fourth-order valence-corrected chi connectivity index (χ4v) is 1.43. The summed E-state index contributed by atoms with van der Waals surface area (Å²) in [6, 6.07) is 1.57. The summed E-state index contributed by atoms with van der Waals surface area (Å²) in [5.74, 6) is -0.152. The molecular formula is C10H11NO2. The number of carboxylic acid groups (broad SMARTS) is 1. The Bertz CT molecular complexity index is 331. The molecule has 2 rings (SSSR count). The van der Waals surface area contributed by atoms with Crippen LogP contribution in [0.1, 0.15) is 28.8 Å². The zero-order valence-corrected chi connectivity index (χ0v) is 7.23. The van der Waals surface area contributed by atoms with E-state index in [1.807, 2.05) is 0 Å². The molecule has 0 aliphatic heterocycles. The van der Waals surface area contributed by atoms with Crippen molar-refractivity contribution >= 4 is 5.97 Å². The number of nitrogens with zero attached hydrogens (tertiary/aromatic N) is 1. The lowest BCUT2D eigenvalue weighted by molar-refractivity contribution is 0.0695. The van der Waals surface area contributed by atoms with E-state index in [1.165, 1.54) is 19.0 Å². The molecule has 0 aromatic carbocycles. The second kappa shape index (κ2) is 3.17. The lowest BCUT2D eigenvalue weighted by atomic mass is 10.1. The highest BCUT2D eigenvalue weighted by molar-refractivity contribution is 5.89. The van der Waals surface area contributed by atoms with Gasteiger partial charge in [-0.05, 0) is 36.8 Å². The molecule has 1 aromatic rings. The summed E-state index contributed by atoms with van der Waals surface area (Å²) < 4.78 is 0. The first-order valence-corrected chi connectivity index (χ1v) is 4.43. The van der Waals surface area contributed by atoms with Gasteiger partial charge in [-0.3, -0.25) is 4.98 Å². The SMILES string of the molecule is O=C(O)c1ccncc1CC1CC1. The quantitative estimate of drug-likeness (QED) is 0.764. The predicted molar refractivity (Wildman–Crippen MR) is 47.6 cm³/mol. The van der Waals surface area contributed by atoms with Crippen molar-refractivity contribution in [2.24, 2.45) is 5.92 Å². The normalized spacial score (nSPS) is 15.7. The van der Waals surface area contributed by atoms with Crippen LogP contribution in [-0.2, 0) is 6.42 Å². The van der Waals surface area contributed by atoms with Crippen LogP contribution in [0.4, 0.5) is 0 Å². The smallest absolute Gasteiger partial charge is 0.336 e. The molecule has 3 heteroatoms. The number of rotatable bonds is 3. The van der Waals surface area contributed by atoms with Gasteiger partial charge in [-0.1, -0.05) is 0 Å². The van der Waals surface area contributed by atoms with Crippen LogP contribution in [0.15, 0.2) is 18.5 Å². The maximum Gasteiger partial charge on any atom is 0.336 e. The molecule has 0 bridgehead atoms. The molecule has 0 unspecified atom stereocenters. The molecule has 0 amide bonds. The summed E-state index contributed by atoms with van der Waals surface area (Å²) in [4.78, 5) is 14.7. The second-order valence-electron chi connectivity index (χ2n) is 3.49.